The van der Waals surface area contributed by atoms with Crippen LogP contribution in [0.2, 0.25) is 0 Å². The zero-order valence-electron chi connectivity index (χ0n) is 16.4. The number of carbonyl (C=O) groups is 1. The molecular formula is C22H25ClN2O4. The monoisotopic (exact) mass is 416 g/mol. The van der Waals surface area contributed by atoms with Crippen molar-refractivity contribution in [3.8, 4) is 16.9 Å². The Labute approximate surface area is 176 Å². The van der Waals surface area contributed by atoms with Crippen LogP contribution in [0.4, 0.5) is 5.69 Å². The lowest BCUT2D eigenvalue weighted by atomic mass is 9.91. The van der Waals surface area contributed by atoms with E-state index in [1.165, 1.54) is 7.11 Å². The fourth-order valence-electron chi connectivity index (χ4n) is 3.89. The van der Waals surface area contributed by atoms with E-state index in [1.54, 1.807) is 13.2 Å². The average molecular weight is 417 g/mol. The molecule has 0 aromatic heterocycles. The lowest BCUT2D eigenvalue weighted by Gasteiger charge is -2.32. The van der Waals surface area contributed by atoms with E-state index in [0.29, 0.717) is 13.0 Å². The molecule has 2 aromatic rings. The standard InChI is InChI=1S/C22H24N2O4.ClH/c1-4-13-9-17-16(11-20(13)26-2)15-7-5-6-8-18(15)24-21(17)28-14-10-19(23-12-14)22(25)27-3;/h4-9,11,14,19,21,23-24H,1,10,12H2,2-3H3;1H/t14-,19+,21?;/m1./s1. The third-order valence-corrected chi connectivity index (χ3v) is 5.31. The Bertz CT molecular complexity index is 918. The van der Waals surface area contributed by atoms with Gasteiger partial charge in [-0.05, 0) is 23.8 Å². The van der Waals surface area contributed by atoms with Gasteiger partial charge in [-0.3, -0.25) is 4.79 Å². The predicted molar refractivity (Wildman–Crippen MR) is 115 cm³/mol. The molecule has 29 heavy (non-hydrogen) atoms. The molecule has 154 valence electrons. The quantitative estimate of drug-likeness (QED) is 0.723. The fraction of sp³-hybridized carbons (Fsp3) is 0.318. The van der Waals surface area contributed by atoms with Gasteiger partial charge in [0.05, 0.1) is 20.3 Å². The van der Waals surface area contributed by atoms with Crippen molar-refractivity contribution in [3.05, 3.63) is 54.1 Å². The second kappa shape index (κ2) is 8.86. The normalized spacial score (nSPS) is 21.8. The van der Waals surface area contributed by atoms with E-state index in [1.807, 2.05) is 24.3 Å². The number of hydrogen-bond donors (Lipinski definition) is 2. The summed E-state index contributed by atoms with van der Waals surface area (Å²) in [5.74, 6) is 0.518. The Morgan fingerprint density at radius 2 is 2.00 bits per heavy atom. The first-order chi connectivity index (χ1) is 13.6. The molecule has 2 N–H and O–H groups in total. The molecule has 2 aliphatic rings. The highest BCUT2D eigenvalue weighted by molar-refractivity contribution is 5.86. The molecule has 0 spiro atoms. The van der Waals surface area contributed by atoms with E-state index in [4.69, 9.17) is 14.2 Å². The number of methoxy groups -OCH3 is 2. The number of carbonyl (C=O) groups excluding carboxylic acids is 1. The largest absolute Gasteiger partial charge is 0.496 e. The van der Waals surface area contributed by atoms with E-state index in [-0.39, 0.29) is 36.8 Å². The highest BCUT2D eigenvalue weighted by Gasteiger charge is 2.34. The Morgan fingerprint density at radius 1 is 1.21 bits per heavy atom. The minimum Gasteiger partial charge on any atom is -0.496 e. The molecule has 1 unspecified atom stereocenters. The Balaban J connectivity index is 0.00000240. The lowest BCUT2D eigenvalue weighted by molar-refractivity contribution is -0.143. The van der Waals surface area contributed by atoms with Crippen LogP contribution < -0.4 is 15.4 Å². The summed E-state index contributed by atoms with van der Waals surface area (Å²) in [5, 5.41) is 6.65. The Hall–Kier alpha value is -2.54. The van der Waals surface area contributed by atoms with Gasteiger partial charge < -0.3 is 24.8 Å². The molecular weight excluding hydrogens is 392 g/mol. The van der Waals surface area contributed by atoms with Gasteiger partial charge in [-0.25, -0.2) is 0 Å². The molecule has 3 atom stereocenters. The molecule has 0 amide bonds. The minimum atomic E-state index is -0.335. The van der Waals surface area contributed by atoms with Crippen LogP contribution in [-0.4, -0.2) is 38.9 Å². The maximum atomic E-state index is 11.8. The number of fused-ring (bicyclic) bond motifs is 3. The SMILES string of the molecule is C=Cc1cc2c(cc1OC)-c1ccccc1NC2O[C@H]1CN[C@H](C(=O)OC)C1.Cl. The summed E-state index contributed by atoms with van der Waals surface area (Å²) in [7, 11) is 3.06. The van der Waals surface area contributed by atoms with Crippen LogP contribution in [0, 0.1) is 0 Å². The zero-order valence-corrected chi connectivity index (χ0v) is 17.3. The van der Waals surface area contributed by atoms with Crippen molar-refractivity contribution in [2.45, 2.75) is 24.8 Å². The maximum absolute atomic E-state index is 11.8. The van der Waals surface area contributed by atoms with Gasteiger partial charge in [0.2, 0.25) is 0 Å². The molecule has 0 saturated carbocycles. The van der Waals surface area contributed by atoms with Gasteiger partial charge in [-0.15, -0.1) is 12.4 Å². The van der Waals surface area contributed by atoms with Crippen LogP contribution in [-0.2, 0) is 14.3 Å². The molecule has 2 heterocycles. The second-order valence-corrected chi connectivity index (χ2v) is 6.93. The summed E-state index contributed by atoms with van der Waals surface area (Å²) in [5.41, 5.74) is 5.10. The first-order valence-corrected chi connectivity index (χ1v) is 9.31. The molecule has 0 bridgehead atoms. The van der Waals surface area contributed by atoms with Gasteiger partial charge in [-0.1, -0.05) is 30.9 Å². The van der Waals surface area contributed by atoms with Crippen LogP contribution in [0.3, 0.4) is 0 Å². The van der Waals surface area contributed by atoms with Crippen molar-refractivity contribution < 1.29 is 19.0 Å². The van der Waals surface area contributed by atoms with Gasteiger partial charge in [0.15, 0.2) is 6.23 Å². The molecule has 0 aliphatic carbocycles. The van der Waals surface area contributed by atoms with Crippen LogP contribution in [0.1, 0.15) is 23.8 Å². The lowest BCUT2D eigenvalue weighted by Crippen LogP contribution is -2.31. The number of para-hydroxylation sites is 1. The van der Waals surface area contributed by atoms with Crippen LogP contribution in [0.15, 0.2) is 43.0 Å². The number of esters is 1. The van der Waals surface area contributed by atoms with E-state index in [0.717, 1.165) is 33.7 Å². The van der Waals surface area contributed by atoms with Gasteiger partial charge in [0.1, 0.15) is 11.8 Å². The second-order valence-electron chi connectivity index (χ2n) is 6.93. The molecule has 1 fully saturated rings. The molecule has 2 aliphatic heterocycles. The van der Waals surface area contributed by atoms with Crippen molar-refractivity contribution in [2.24, 2.45) is 0 Å². The minimum absolute atomic E-state index is 0. The zero-order chi connectivity index (χ0) is 19.7. The van der Waals surface area contributed by atoms with E-state index < -0.39 is 0 Å². The van der Waals surface area contributed by atoms with Gasteiger partial charge in [0.25, 0.3) is 0 Å². The third kappa shape index (κ3) is 3.96. The number of rotatable bonds is 5. The van der Waals surface area contributed by atoms with Crippen molar-refractivity contribution in [1.82, 2.24) is 5.32 Å². The number of halogens is 1. The average Bonchev–Trinajstić information content (AvgIpc) is 3.20. The number of nitrogens with one attached hydrogen (secondary N) is 2. The summed E-state index contributed by atoms with van der Waals surface area (Å²) < 4.78 is 16.8. The number of anilines is 1. The topological polar surface area (TPSA) is 68.8 Å². The molecule has 7 heteroatoms. The summed E-state index contributed by atoms with van der Waals surface area (Å²) in [6.07, 6.45) is 1.92. The number of benzene rings is 2. The van der Waals surface area contributed by atoms with Gasteiger partial charge >= 0.3 is 5.97 Å². The summed E-state index contributed by atoms with van der Waals surface area (Å²) in [6.45, 7) is 4.49. The first-order valence-electron chi connectivity index (χ1n) is 9.31. The molecule has 1 saturated heterocycles. The van der Waals surface area contributed by atoms with Gasteiger partial charge in [0, 0.05) is 35.3 Å². The van der Waals surface area contributed by atoms with Crippen molar-refractivity contribution in [1.29, 1.82) is 0 Å². The predicted octanol–water partition coefficient (Wildman–Crippen LogP) is 3.77. The molecule has 6 nitrogen and oxygen atoms in total. The third-order valence-electron chi connectivity index (χ3n) is 5.31. The number of hydrogen-bond acceptors (Lipinski definition) is 6. The Kier molecular flexibility index (Phi) is 6.47. The fourth-order valence-corrected chi connectivity index (χ4v) is 3.89. The van der Waals surface area contributed by atoms with Crippen LogP contribution >= 0.6 is 12.4 Å². The Morgan fingerprint density at radius 3 is 2.72 bits per heavy atom. The maximum Gasteiger partial charge on any atom is 0.322 e. The van der Waals surface area contributed by atoms with E-state index in [9.17, 15) is 4.79 Å². The van der Waals surface area contributed by atoms with Gasteiger partial charge in [-0.2, -0.15) is 0 Å². The van der Waals surface area contributed by atoms with Crippen LogP contribution in [0.5, 0.6) is 5.75 Å². The molecule has 2 aromatic carbocycles. The highest BCUT2D eigenvalue weighted by Crippen LogP contribution is 2.44. The molecule has 4 rings (SSSR count). The van der Waals surface area contributed by atoms with Crippen molar-refractivity contribution in [2.75, 3.05) is 26.1 Å². The summed E-state index contributed by atoms with van der Waals surface area (Å²) in [4.78, 5) is 11.8. The smallest absolute Gasteiger partial charge is 0.322 e. The van der Waals surface area contributed by atoms with Crippen molar-refractivity contribution in [3.63, 3.8) is 0 Å². The van der Waals surface area contributed by atoms with Crippen molar-refractivity contribution >= 4 is 30.1 Å². The first kappa shape index (κ1) is 21.2. The van der Waals surface area contributed by atoms with E-state index in [2.05, 4.69) is 29.3 Å². The summed E-state index contributed by atoms with van der Waals surface area (Å²) in [6, 6.07) is 11.9. The van der Waals surface area contributed by atoms with E-state index >= 15 is 0 Å². The summed E-state index contributed by atoms with van der Waals surface area (Å²) >= 11 is 0. The number of ether oxygens (including phenoxy) is 3. The van der Waals surface area contributed by atoms with Crippen LogP contribution in [0.25, 0.3) is 17.2 Å². The highest BCUT2D eigenvalue weighted by atomic mass is 35.5. The molecule has 0 radical (unpaired) electrons.